The molecule has 0 bridgehead atoms. The fraction of sp³-hybridized carbons (Fsp3) is 0.533. The molecule has 2 nitrogen and oxygen atoms in total. The molecule has 1 aliphatic rings. The lowest BCUT2D eigenvalue weighted by molar-refractivity contribution is 0.0295. The summed E-state index contributed by atoms with van der Waals surface area (Å²) < 4.78 is 19.4. The van der Waals surface area contributed by atoms with Crippen LogP contribution in [0.5, 0.6) is 0 Å². The third kappa shape index (κ3) is 3.54. The van der Waals surface area contributed by atoms with E-state index in [2.05, 4.69) is 0 Å². The minimum Gasteiger partial charge on any atom is -0.373 e. The maximum Gasteiger partial charge on any atom is 0.130 e. The third-order valence-corrected chi connectivity index (χ3v) is 3.46. The zero-order valence-electron chi connectivity index (χ0n) is 10.5. The second kappa shape index (κ2) is 6.51. The Balaban J connectivity index is 1.91. The highest BCUT2D eigenvalue weighted by Crippen LogP contribution is 2.21. The van der Waals surface area contributed by atoms with Gasteiger partial charge in [0.25, 0.3) is 0 Å². The van der Waals surface area contributed by atoms with Crippen molar-refractivity contribution in [1.82, 2.24) is 0 Å². The average molecular weight is 247 g/mol. The van der Waals surface area contributed by atoms with E-state index in [-0.39, 0.29) is 11.9 Å². The van der Waals surface area contributed by atoms with Crippen molar-refractivity contribution in [2.24, 2.45) is 0 Å². The van der Waals surface area contributed by atoms with Crippen molar-refractivity contribution >= 4 is 0 Å². The van der Waals surface area contributed by atoms with Crippen molar-refractivity contribution < 1.29 is 9.13 Å². The molecule has 1 aromatic carbocycles. The fourth-order valence-corrected chi connectivity index (χ4v) is 2.35. The van der Waals surface area contributed by atoms with Crippen LogP contribution in [0.15, 0.2) is 18.2 Å². The fourth-order valence-electron chi connectivity index (χ4n) is 2.35. The Labute approximate surface area is 107 Å². The van der Waals surface area contributed by atoms with Crippen molar-refractivity contribution in [3.05, 3.63) is 35.1 Å². The Morgan fingerprint density at radius 3 is 2.56 bits per heavy atom. The maximum absolute atomic E-state index is 13.6. The molecule has 1 aromatic rings. The van der Waals surface area contributed by atoms with Crippen molar-refractivity contribution in [3.8, 4) is 6.07 Å². The molecule has 2 rings (SSSR count). The molecule has 1 saturated carbocycles. The highest BCUT2D eigenvalue weighted by atomic mass is 19.1. The normalized spacial score (nSPS) is 17.1. The van der Waals surface area contributed by atoms with Gasteiger partial charge in [0.1, 0.15) is 5.82 Å². The summed E-state index contributed by atoms with van der Waals surface area (Å²) >= 11 is 0. The molecule has 0 spiro atoms. The standard InChI is InChI=1S/C15H18FNO/c16-15-9-12(10-17)7-8-13(15)11-18-14-5-3-1-2-4-6-14/h7-9,14H,1-6,11H2. The van der Waals surface area contributed by atoms with Gasteiger partial charge in [-0.05, 0) is 25.0 Å². The number of ether oxygens (including phenoxy) is 1. The first-order valence-electron chi connectivity index (χ1n) is 6.60. The van der Waals surface area contributed by atoms with Crippen LogP contribution in [0.4, 0.5) is 4.39 Å². The second-order valence-electron chi connectivity index (χ2n) is 4.84. The van der Waals surface area contributed by atoms with E-state index < -0.39 is 0 Å². The lowest BCUT2D eigenvalue weighted by Gasteiger charge is -2.15. The zero-order chi connectivity index (χ0) is 12.8. The highest BCUT2D eigenvalue weighted by molar-refractivity contribution is 5.32. The summed E-state index contributed by atoms with van der Waals surface area (Å²) in [6.07, 6.45) is 7.41. The number of hydrogen-bond donors (Lipinski definition) is 0. The molecule has 0 saturated heterocycles. The number of halogens is 1. The Kier molecular flexibility index (Phi) is 4.72. The van der Waals surface area contributed by atoms with Gasteiger partial charge in [0, 0.05) is 5.56 Å². The van der Waals surface area contributed by atoms with Crippen molar-refractivity contribution in [2.45, 2.75) is 51.2 Å². The largest absolute Gasteiger partial charge is 0.373 e. The van der Waals surface area contributed by atoms with Crippen LogP contribution < -0.4 is 0 Å². The van der Waals surface area contributed by atoms with Crippen LogP contribution in [-0.2, 0) is 11.3 Å². The first-order chi connectivity index (χ1) is 8.79. The Morgan fingerprint density at radius 1 is 1.22 bits per heavy atom. The molecule has 1 aliphatic carbocycles. The molecule has 0 amide bonds. The molecule has 1 fully saturated rings. The number of rotatable bonds is 3. The van der Waals surface area contributed by atoms with Gasteiger partial charge in [-0.2, -0.15) is 5.26 Å². The van der Waals surface area contributed by atoms with Crippen LogP contribution in [0.2, 0.25) is 0 Å². The van der Waals surface area contributed by atoms with Gasteiger partial charge < -0.3 is 4.74 Å². The molecule has 0 heterocycles. The van der Waals surface area contributed by atoms with Crippen molar-refractivity contribution in [3.63, 3.8) is 0 Å². The summed E-state index contributed by atoms with van der Waals surface area (Å²) in [5.74, 6) is -0.345. The maximum atomic E-state index is 13.6. The molecular formula is C15H18FNO. The quantitative estimate of drug-likeness (QED) is 0.758. The van der Waals surface area contributed by atoms with Gasteiger partial charge in [0.2, 0.25) is 0 Å². The van der Waals surface area contributed by atoms with Crippen molar-refractivity contribution in [1.29, 1.82) is 5.26 Å². The van der Waals surface area contributed by atoms with Crippen LogP contribution in [0.3, 0.4) is 0 Å². The van der Waals surface area contributed by atoms with Gasteiger partial charge in [-0.3, -0.25) is 0 Å². The van der Waals surface area contributed by atoms with E-state index >= 15 is 0 Å². The van der Waals surface area contributed by atoms with E-state index in [1.165, 1.54) is 31.7 Å². The van der Waals surface area contributed by atoms with E-state index in [1.807, 2.05) is 6.07 Å². The van der Waals surface area contributed by atoms with Crippen LogP contribution in [0, 0.1) is 17.1 Å². The van der Waals surface area contributed by atoms with E-state index in [0.717, 1.165) is 12.8 Å². The molecule has 0 N–H and O–H groups in total. The minimum atomic E-state index is -0.345. The SMILES string of the molecule is N#Cc1ccc(COC2CCCCCC2)c(F)c1. The second-order valence-corrected chi connectivity index (χ2v) is 4.84. The minimum absolute atomic E-state index is 0.266. The number of hydrogen-bond acceptors (Lipinski definition) is 2. The van der Waals surface area contributed by atoms with Crippen LogP contribution in [0.25, 0.3) is 0 Å². The molecule has 0 unspecified atom stereocenters. The van der Waals surface area contributed by atoms with Crippen molar-refractivity contribution in [2.75, 3.05) is 0 Å². The molecule has 0 atom stereocenters. The lowest BCUT2D eigenvalue weighted by atomic mass is 10.1. The van der Waals surface area contributed by atoms with Crippen LogP contribution in [0.1, 0.15) is 49.7 Å². The van der Waals surface area contributed by atoms with Gasteiger partial charge in [-0.1, -0.05) is 31.7 Å². The lowest BCUT2D eigenvalue weighted by Crippen LogP contribution is -2.12. The smallest absolute Gasteiger partial charge is 0.130 e. The van der Waals surface area contributed by atoms with Crippen LogP contribution >= 0.6 is 0 Å². The highest BCUT2D eigenvalue weighted by Gasteiger charge is 2.13. The summed E-state index contributed by atoms with van der Waals surface area (Å²) in [7, 11) is 0. The van der Waals surface area contributed by atoms with E-state index in [0.29, 0.717) is 17.7 Å². The van der Waals surface area contributed by atoms with E-state index in [4.69, 9.17) is 10.00 Å². The van der Waals surface area contributed by atoms with E-state index in [9.17, 15) is 4.39 Å². The average Bonchev–Trinajstić information content (AvgIpc) is 2.66. The first kappa shape index (κ1) is 13.0. The summed E-state index contributed by atoms with van der Waals surface area (Å²) in [6.45, 7) is 0.308. The summed E-state index contributed by atoms with van der Waals surface area (Å²) in [4.78, 5) is 0. The van der Waals surface area contributed by atoms with Gasteiger partial charge in [0.05, 0.1) is 24.3 Å². The predicted molar refractivity (Wildman–Crippen MR) is 67.4 cm³/mol. The number of nitrogens with zero attached hydrogens (tertiary/aromatic N) is 1. The Bertz CT molecular complexity index is 431. The molecule has 0 aromatic heterocycles. The van der Waals surface area contributed by atoms with Gasteiger partial charge in [-0.15, -0.1) is 0 Å². The van der Waals surface area contributed by atoms with E-state index in [1.54, 1.807) is 12.1 Å². The summed E-state index contributed by atoms with van der Waals surface area (Å²) in [5.41, 5.74) is 0.893. The molecule has 3 heteroatoms. The van der Waals surface area contributed by atoms with Gasteiger partial charge >= 0.3 is 0 Å². The summed E-state index contributed by atoms with van der Waals surface area (Å²) in [5, 5.41) is 8.67. The zero-order valence-corrected chi connectivity index (χ0v) is 10.5. The number of benzene rings is 1. The molecular weight excluding hydrogens is 229 g/mol. The number of nitriles is 1. The topological polar surface area (TPSA) is 33.0 Å². The van der Waals surface area contributed by atoms with Gasteiger partial charge in [-0.25, -0.2) is 4.39 Å². The van der Waals surface area contributed by atoms with Crippen LogP contribution in [-0.4, -0.2) is 6.10 Å². The molecule has 18 heavy (non-hydrogen) atoms. The molecule has 0 aliphatic heterocycles. The molecule has 96 valence electrons. The predicted octanol–water partition coefficient (Wildman–Crippen LogP) is 3.94. The summed E-state index contributed by atoms with van der Waals surface area (Å²) in [6, 6.07) is 6.47. The monoisotopic (exact) mass is 247 g/mol. The first-order valence-corrected chi connectivity index (χ1v) is 6.60. The Morgan fingerprint density at radius 2 is 1.94 bits per heavy atom. The molecule has 0 radical (unpaired) electrons. The Hall–Kier alpha value is -1.40. The van der Waals surface area contributed by atoms with Gasteiger partial charge in [0.15, 0.2) is 0 Å². The third-order valence-electron chi connectivity index (χ3n) is 3.46.